The van der Waals surface area contributed by atoms with Gasteiger partial charge in [0.15, 0.2) is 0 Å². The van der Waals surface area contributed by atoms with Gasteiger partial charge in [-0.2, -0.15) is 0 Å². The van der Waals surface area contributed by atoms with Crippen LogP contribution in [0.4, 0.5) is 0 Å². The molecule has 1 amide bonds. The molecule has 1 heterocycles. The fraction of sp³-hybridized carbons (Fsp3) is 0.500. The number of nitrogens with zero attached hydrogens (tertiary/aromatic N) is 1. The van der Waals surface area contributed by atoms with Crippen LogP contribution >= 0.6 is 0 Å². The Morgan fingerprint density at radius 2 is 2.18 bits per heavy atom. The molecule has 1 aromatic rings. The number of nitrogens with one attached hydrogen (secondary N) is 1. The van der Waals surface area contributed by atoms with E-state index in [1.807, 2.05) is 11.9 Å². The number of amides is 1. The summed E-state index contributed by atoms with van der Waals surface area (Å²) in [4.78, 5) is 13.9. The largest absolute Gasteiger partial charge is 0.341 e. The Bertz CT molecular complexity index is 403. The predicted molar refractivity (Wildman–Crippen MR) is 68.9 cm³/mol. The first kappa shape index (κ1) is 12.1. The summed E-state index contributed by atoms with van der Waals surface area (Å²) in [6, 6.07) is 8.41. The molecule has 0 bridgehead atoms. The summed E-state index contributed by atoms with van der Waals surface area (Å²) in [5.74, 6) is 0.251. The molecule has 1 aliphatic rings. The normalized spacial score (nSPS) is 20.0. The van der Waals surface area contributed by atoms with Crippen LogP contribution in [0.3, 0.4) is 0 Å². The lowest BCUT2D eigenvalue weighted by molar-refractivity contribution is -0.129. The van der Waals surface area contributed by atoms with Crippen molar-refractivity contribution in [3.05, 3.63) is 35.4 Å². The number of likely N-dealkylation sites (tertiary alicyclic amines) is 1. The second-order valence-electron chi connectivity index (χ2n) is 4.63. The summed E-state index contributed by atoms with van der Waals surface area (Å²) in [6.07, 6.45) is 1.89. The molecule has 1 fully saturated rings. The molecule has 0 aliphatic carbocycles. The van der Waals surface area contributed by atoms with Crippen LogP contribution < -0.4 is 5.32 Å². The van der Waals surface area contributed by atoms with E-state index < -0.39 is 0 Å². The van der Waals surface area contributed by atoms with Crippen molar-refractivity contribution in [3.8, 4) is 0 Å². The van der Waals surface area contributed by atoms with Crippen molar-refractivity contribution in [2.75, 3.05) is 20.1 Å². The van der Waals surface area contributed by atoms with Gasteiger partial charge >= 0.3 is 0 Å². The number of likely N-dealkylation sites (N-methyl/N-ethyl adjacent to an activating group) is 1. The highest BCUT2D eigenvalue weighted by molar-refractivity contribution is 5.83. The molecule has 3 heteroatoms. The summed E-state index contributed by atoms with van der Waals surface area (Å²) in [7, 11) is 1.85. The Labute approximate surface area is 103 Å². The summed E-state index contributed by atoms with van der Waals surface area (Å²) in [6.45, 7) is 3.84. The molecular weight excluding hydrogens is 212 g/mol. The average molecular weight is 232 g/mol. The van der Waals surface area contributed by atoms with Gasteiger partial charge in [0.25, 0.3) is 0 Å². The molecular formula is C14H20N2O. The zero-order valence-electron chi connectivity index (χ0n) is 10.6. The highest BCUT2D eigenvalue weighted by atomic mass is 16.2. The first-order valence-electron chi connectivity index (χ1n) is 6.23. The van der Waals surface area contributed by atoms with Crippen molar-refractivity contribution < 1.29 is 4.79 Å². The van der Waals surface area contributed by atoms with Gasteiger partial charge in [0, 0.05) is 13.1 Å². The van der Waals surface area contributed by atoms with Crippen LogP contribution in [0.25, 0.3) is 0 Å². The van der Waals surface area contributed by atoms with Gasteiger partial charge in [0.05, 0.1) is 6.04 Å². The second-order valence-corrected chi connectivity index (χ2v) is 4.63. The van der Waals surface area contributed by atoms with Crippen molar-refractivity contribution in [1.82, 2.24) is 10.2 Å². The number of carbonyl (C=O) groups is 1. The molecule has 1 atom stereocenters. The maximum Gasteiger partial charge on any atom is 0.239 e. The lowest BCUT2D eigenvalue weighted by Gasteiger charge is -2.17. The summed E-state index contributed by atoms with van der Waals surface area (Å²) >= 11 is 0. The molecule has 1 aliphatic heterocycles. The first-order chi connectivity index (χ1) is 8.22. The maximum absolute atomic E-state index is 11.9. The third-order valence-corrected chi connectivity index (χ3v) is 3.56. The quantitative estimate of drug-likeness (QED) is 0.850. The molecule has 1 aromatic carbocycles. The third-order valence-electron chi connectivity index (χ3n) is 3.56. The van der Waals surface area contributed by atoms with Gasteiger partial charge in [-0.25, -0.2) is 0 Å². The smallest absolute Gasteiger partial charge is 0.239 e. The molecule has 1 unspecified atom stereocenters. The van der Waals surface area contributed by atoms with E-state index in [1.54, 1.807) is 0 Å². The number of benzene rings is 1. The highest BCUT2D eigenvalue weighted by Gasteiger charge is 2.29. The van der Waals surface area contributed by atoms with Crippen LogP contribution in [0.15, 0.2) is 24.3 Å². The van der Waals surface area contributed by atoms with Crippen LogP contribution in [-0.2, 0) is 11.2 Å². The minimum absolute atomic E-state index is 0.0341. The van der Waals surface area contributed by atoms with E-state index in [4.69, 9.17) is 0 Å². The molecule has 0 aromatic heterocycles. The Kier molecular flexibility index (Phi) is 3.79. The van der Waals surface area contributed by atoms with Gasteiger partial charge in [0.2, 0.25) is 5.91 Å². The Balaban J connectivity index is 1.91. The van der Waals surface area contributed by atoms with Gasteiger partial charge in [-0.05, 0) is 37.9 Å². The molecule has 0 saturated carbocycles. The molecule has 2 rings (SSSR count). The highest BCUT2D eigenvalue weighted by Crippen LogP contribution is 2.13. The fourth-order valence-electron chi connectivity index (χ4n) is 2.37. The standard InChI is InChI=1S/C14H20N2O/c1-11-5-3-4-6-12(11)7-9-16-10-8-13(15-2)14(16)17/h3-6,13,15H,7-10H2,1-2H3. The summed E-state index contributed by atoms with van der Waals surface area (Å²) in [5, 5.41) is 3.06. The van der Waals surface area contributed by atoms with Gasteiger partial charge in [-0.1, -0.05) is 24.3 Å². The first-order valence-corrected chi connectivity index (χ1v) is 6.23. The van der Waals surface area contributed by atoms with Crippen LogP contribution in [0.5, 0.6) is 0 Å². The van der Waals surface area contributed by atoms with Crippen LogP contribution in [0, 0.1) is 6.92 Å². The zero-order chi connectivity index (χ0) is 12.3. The van der Waals surface area contributed by atoms with Crippen molar-refractivity contribution in [2.45, 2.75) is 25.8 Å². The van der Waals surface area contributed by atoms with E-state index in [0.717, 1.165) is 25.9 Å². The number of aryl methyl sites for hydroxylation is 1. The number of carbonyl (C=O) groups excluding carboxylic acids is 1. The Hall–Kier alpha value is -1.35. The minimum Gasteiger partial charge on any atom is -0.341 e. The number of hydrogen-bond acceptors (Lipinski definition) is 2. The second kappa shape index (κ2) is 5.32. The third kappa shape index (κ3) is 2.67. The summed E-state index contributed by atoms with van der Waals surface area (Å²) < 4.78 is 0. The lowest BCUT2D eigenvalue weighted by atomic mass is 10.1. The van der Waals surface area contributed by atoms with Crippen molar-refractivity contribution in [2.24, 2.45) is 0 Å². The van der Waals surface area contributed by atoms with Gasteiger partial charge < -0.3 is 10.2 Å². The number of rotatable bonds is 4. The molecule has 92 valence electrons. The van der Waals surface area contributed by atoms with E-state index in [0.29, 0.717) is 0 Å². The van der Waals surface area contributed by atoms with Gasteiger partial charge in [-0.15, -0.1) is 0 Å². The van der Waals surface area contributed by atoms with E-state index in [1.165, 1.54) is 11.1 Å². The average Bonchev–Trinajstić information content (AvgIpc) is 2.69. The monoisotopic (exact) mass is 232 g/mol. The van der Waals surface area contributed by atoms with Gasteiger partial charge in [0.1, 0.15) is 0 Å². The molecule has 0 radical (unpaired) electrons. The number of hydrogen-bond donors (Lipinski definition) is 1. The molecule has 1 saturated heterocycles. The Morgan fingerprint density at radius 1 is 1.41 bits per heavy atom. The maximum atomic E-state index is 11.9. The topological polar surface area (TPSA) is 32.3 Å². The zero-order valence-corrected chi connectivity index (χ0v) is 10.6. The van der Waals surface area contributed by atoms with E-state index >= 15 is 0 Å². The van der Waals surface area contributed by atoms with E-state index in [-0.39, 0.29) is 11.9 Å². The molecule has 3 nitrogen and oxygen atoms in total. The van der Waals surface area contributed by atoms with E-state index in [9.17, 15) is 4.79 Å². The van der Waals surface area contributed by atoms with Crippen LogP contribution in [0.1, 0.15) is 17.5 Å². The lowest BCUT2D eigenvalue weighted by Crippen LogP contribution is -2.37. The molecule has 0 spiro atoms. The van der Waals surface area contributed by atoms with Crippen LogP contribution in [-0.4, -0.2) is 37.0 Å². The molecule has 17 heavy (non-hydrogen) atoms. The SMILES string of the molecule is CNC1CCN(CCc2ccccc2C)C1=O. The summed E-state index contributed by atoms with van der Waals surface area (Å²) in [5.41, 5.74) is 2.65. The fourth-order valence-corrected chi connectivity index (χ4v) is 2.37. The predicted octanol–water partition coefficient (Wildman–Crippen LogP) is 1.36. The molecule has 1 N–H and O–H groups in total. The van der Waals surface area contributed by atoms with E-state index in [2.05, 4.69) is 36.5 Å². The van der Waals surface area contributed by atoms with Gasteiger partial charge in [-0.3, -0.25) is 4.79 Å². The van der Waals surface area contributed by atoms with Crippen molar-refractivity contribution >= 4 is 5.91 Å². The van der Waals surface area contributed by atoms with Crippen LogP contribution in [0.2, 0.25) is 0 Å². The Morgan fingerprint density at radius 3 is 2.82 bits per heavy atom. The minimum atomic E-state index is 0.0341. The van der Waals surface area contributed by atoms with Crippen molar-refractivity contribution in [1.29, 1.82) is 0 Å². The van der Waals surface area contributed by atoms with Crippen molar-refractivity contribution in [3.63, 3.8) is 0 Å².